The van der Waals surface area contributed by atoms with Crippen LogP contribution in [-0.4, -0.2) is 34.5 Å². The van der Waals surface area contributed by atoms with Gasteiger partial charge in [0.05, 0.1) is 5.69 Å². The van der Waals surface area contributed by atoms with E-state index in [-0.39, 0.29) is 5.91 Å². The van der Waals surface area contributed by atoms with Gasteiger partial charge in [0.2, 0.25) is 0 Å². The largest absolute Gasteiger partial charge is 0.374 e. The molecule has 0 bridgehead atoms. The normalized spacial score (nSPS) is 22.6. The van der Waals surface area contributed by atoms with E-state index in [0.717, 1.165) is 10.6 Å². The van der Waals surface area contributed by atoms with Crippen LogP contribution in [0.1, 0.15) is 12.1 Å². The van der Waals surface area contributed by atoms with Gasteiger partial charge in [-0.25, -0.2) is 4.98 Å². The third-order valence-electron chi connectivity index (χ3n) is 3.51. The zero-order chi connectivity index (χ0) is 14.3. The molecule has 1 saturated heterocycles. The molecule has 0 radical (unpaired) electrons. The minimum Gasteiger partial charge on any atom is -0.374 e. The Morgan fingerprint density at radius 2 is 2.30 bits per heavy atom. The third-order valence-corrected chi connectivity index (χ3v) is 4.64. The van der Waals surface area contributed by atoms with Gasteiger partial charge in [0.15, 0.2) is 5.60 Å². The van der Waals surface area contributed by atoms with Gasteiger partial charge in [0, 0.05) is 36.0 Å². The topological polar surface area (TPSA) is 53.4 Å². The van der Waals surface area contributed by atoms with Crippen LogP contribution in [0.15, 0.2) is 29.6 Å². The molecule has 1 aliphatic rings. The molecule has 20 heavy (non-hydrogen) atoms. The summed E-state index contributed by atoms with van der Waals surface area (Å²) in [5.41, 5.74) is -0.176. The van der Waals surface area contributed by atoms with Gasteiger partial charge in [-0.3, -0.25) is 4.79 Å². The molecule has 1 unspecified atom stereocenters. The summed E-state index contributed by atoms with van der Waals surface area (Å²) < 4.78 is 0. The van der Waals surface area contributed by atoms with Crippen LogP contribution in [0.3, 0.4) is 0 Å². The number of benzene rings is 1. The fraction of sp³-hybridized carbons (Fsp3) is 0.286. The molecule has 6 heteroatoms. The van der Waals surface area contributed by atoms with Crippen LogP contribution in [0.5, 0.6) is 0 Å². The second-order valence-corrected chi connectivity index (χ2v) is 6.18. The van der Waals surface area contributed by atoms with Crippen molar-refractivity contribution >= 4 is 28.8 Å². The number of nitrogens with zero attached hydrogens (tertiary/aromatic N) is 2. The first-order valence-electron chi connectivity index (χ1n) is 6.20. The van der Waals surface area contributed by atoms with Crippen LogP contribution >= 0.6 is 22.9 Å². The highest BCUT2D eigenvalue weighted by atomic mass is 35.5. The highest BCUT2D eigenvalue weighted by Gasteiger charge is 2.46. The third kappa shape index (κ3) is 2.12. The van der Waals surface area contributed by atoms with E-state index in [4.69, 9.17) is 11.6 Å². The maximum absolute atomic E-state index is 12.0. The van der Waals surface area contributed by atoms with E-state index < -0.39 is 5.60 Å². The molecule has 0 aliphatic carbocycles. The monoisotopic (exact) mass is 308 g/mol. The molecule has 0 saturated carbocycles. The Morgan fingerprint density at radius 1 is 1.50 bits per heavy atom. The van der Waals surface area contributed by atoms with E-state index >= 15 is 0 Å². The number of likely N-dealkylation sites (tertiary alicyclic amines) is 1. The molecule has 1 aliphatic heterocycles. The minimum absolute atomic E-state index is 0.291. The number of aromatic nitrogens is 1. The predicted molar refractivity (Wildman–Crippen MR) is 78.7 cm³/mol. The number of rotatable bonds is 2. The van der Waals surface area contributed by atoms with Gasteiger partial charge in [-0.15, -0.1) is 11.3 Å². The highest BCUT2D eigenvalue weighted by Crippen LogP contribution is 2.35. The Kier molecular flexibility index (Phi) is 3.28. The lowest BCUT2D eigenvalue weighted by Gasteiger charge is -2.18. The van der Waals surface area contributed by atoms with Crippen molar-refractivity contribution in [2.24, 2.45) is 0 Å². The summed E-state index contributed by atoms with van der Waals surface area (Å²) in [5.74, 6) is -0.291. The number of carbonyl (C=O) groups excluding carboxylic acids is 1. The van der Waals surface area contributed by atoms with Crippen LogP contribution in [0.4, 0.5) is 0 Å². The number of aliphatic hydroxyl groups is 1. The quantitative estimate of drug-likeness (QED) is 0.927. The lowest BCUT2D eigenvalue weighted by molar-refractivity contribution is -0.143. The second kappa shape index (κ2) is 4.84. The number of halogens is 1. The number of likely N-dealkylation sites (N-methyl/N-ethyl adjacent to an activating group) is 1. The Labute approximate surface area is 125 Å². The van der Waals surface area contributed by atoms with Crippen LogP contribution in [0.25, 0.3) is 10.6 Å². The van der Waals surface area contributed by atoms with Crippen LogP contribution in [0.2, 0.25) is 5.02 Å². The van der Waals surface area contributed by atoms with Crippen LogP contribution in [-0.2, 0) is 10.4 Å². The molecule has 2 heterocycles. The first kappa shape index (κ1) is 13.5. The molecular formula is C14H13ClN2O2S. The summed E-state index contributed by atoms with van der Waals surface area (Å²) in [5, 5.41) is 13.7. The Hall–Kier alpha value is -1.43. The predicted octanol–water partition coefficient (Wildman–Crippen LogP) is 2.51. The van der Waals surface area contributed by atoms with E-state index in [1.54, 1.807) is 18.5 Å². The number of amides is 1. The smallest absolute Gasteiger partial charge is 0.260 e. The van der Waals surface area contributed by atoms with Gasteiger partial charge in [-0.05, 0) is 12.1 Å². The number of thiazole rings is 1. The molecular weight excluding hydrogens is 296 g/mol. The van der Waals surface area contributed by atoms with E-state index in [0.29, 0.717) is 23.7 Å². The van der Waals surface area contributed by atoms with Crippen molar-refractivity contribution < 1.29 is 9.90 Å². The van der Waals surface area contributed by atoms with Crippen molar-refractivity contribution in [2.75, 3.05) is 13.6 Å². The van der Waals surface area contributed by atoms with Crippen molar-refractivity contribution in [3.63, 3.8) is 0 Å². The Morgan fingerprint density at radius 3 is 2.95 bits per heavy atom. The van der Waals surface area contributed by atoms with Crippen molar-refractivity contribution in [3.8, 4) is 10.6 Å². The van der Waals surface area contributed by atoms with Gasteiger partial charge in [-0.1, -0.05) is 23.7 Å². The lowest BCUT2D eigenvalue weighted by atomic mass is 9.99. The van der Waals surface area contributed by atoms with Crippen LogP contribution < -0.4 is 0 Å². The summed E-state index contributed by atoms with van der Waals surface area (Å²) in [7, 11) is 1.69. The molecule has 104 valence electrons. The molecule has 1 atom stereocenters. The number of hydrogen-bond acceptors (Lipinski definition) is 4. The Balaban J connectivity index is 1.97. The molecule has 1 aromatic heterocycles. The van der Waals surface area contributed by atoms with Crippen molar-refractivity contribution in [1.82, 2.24) is 9.88 Å². The lowest BCUT2D eigenvalue weighted by Crippen LogP contribution is -2.36. The average molecular weight is 309 g/mol. The molecule has 0 spiro atoms. The van der Waals surface area contributed by atoms with Crippen molar-refractivity contribution in [2.45, 2.75) is 12.0 Å². The first-order valence-corrected chi connectivity index (χ1v) is 7.46. The van der Waals surface area contributed by atoms with E-state index in [1.165, 1.54) is 16.2 Å². The molecule has 4 nitrogen and oxygen atoms in total. The number of carbonyl (C=O) groups is 1. The maximum atomic E-state index is 12.0. The summed E-state index contributed by atoms with van der Waals surface area (Å²) in [6.07, 6.45) is 0.376. The Bertz CT molecular complexity index is 673. The van der Waals surface area contributed by atoms with Gasteiger partial charge >= 0.3 is 0 Å². The molecule has 2 aromatic rings. The summed E-state index contributed by atoms with van der Waals surface area (Å²) in [6, 6.07) is 7.36. The average Bonchev–Trinajstić information content (AvgIpc) is 3.02. The van der Waals surface area contributed by atoms with E-state index in [9.17, 15) is 9.90 Å². The van der Waals surface area contributed by atoms with Crippen LogP contribution in [0, 0.1) is 0 Å². The van der Waals surface area contributed by atoms with Gasteiger partial charge < -0.3 is 10.0 Å². The molecule has 1 N–H and O–H groups in total. The molecule has 1 aromatic carbocycles. The SMILES string of the molecule is CN1CCC(O)(c2csc(-c3cccc(Cl)c3)n2)C1=O. The molecule has 1 amide bonds. The van der Waals surface area contributed by atoms with E-state index in [2.05, 4.69) is 4.98 Å². The second-order valence-electron chi connectivity index (χ2n) is 4.89. The standard InChI is InChI=1S/C14H13ClN2O2S/c1-17-6-5-14(19,13(17)18)11-8-20-12(16-11)9-3-2-4-10(15)7-9/h2-4,7-8,19H,5-6H2,1H3. The maximum Gasteiger partial charge on any atom is 0.260 e. The molecule has 1 fully saturated rings. The van der Waals surface area contributed by atoms with E-state index in [1.807, 2.05) is 18.2 Å². The van der Waals surface area contributed by atoms with Gasteiger partial charge in [0.25, 0.3) is 5.91 Å². The number of hydrogen-bond donors (Lipinski definition) is 1. The van der Waals surface area contributed by atoms with Crippen molar-refractivity contribution in [1.29, 1.82) is 0 Å². The fourth-order valence-electron chi connectivity index (χ4n) is 2.31. The summed E-state index contributed by atoms with van der Waals surface area (Å²) >= 11 is 7.36. The molecule has 3 rings (SSSR count). The zero-order valence-electron chi connectivity index (χ0n) is 10.8. The minimum atomic E-state index is -1.48. The van der Waals surface area contributed by atoms with Gasteiger partial charge in [0.1, 0.15) is 5.01 Å². The first-order chi connectivity index (χ1) is 9.50. The zero-order valence-corrected chi connectivity index (χ0v) is 12.4. The summed E-state index contributed by atoms with van der Waals surface area (Å²) in [4.78, 5) is 18.0. The fourth-order valence-corrected chi connectivity index (χ4v) is 3.38. The highest BCUT2D eigenvalue weighted by molar-refractivity contribution is 7.13. The van der Waals surface area contributed by atoms with Gasteiger partial charge in [-0.2, -0.15) is 0 Å². The summed E-state index contributed by atoms with van der Waals surface area (Å²) in [6.45, 7) is 0.541. The van der Waals surface area contributed by atoms with Crippen molar-refractivity contribution in [3.05, 3.63) is 40.4 Å².